The van der Waals surface area contributed by atoms with Crippen LogP contribution in [-0.2, 0) is 4.74 Å². The maximum absolute atomic E-state index is 5.04. The van der Waals surface area contributed by atoms with Crippen LogP contribution >= 0.6 is 0 Å². The van der Waals surface area contributed by atoms with Gasteiger partial charge in [-0.2, -0.15) is 0 Å². The van der Waals surface area contributed by atoms with E-state index >= 15 is 0 Å². The molecule has 0 spiro atoms. The molecule has 1 saturated heterocycles. The lowest BCUT2D eigenvalue weighted by atomic mass is 10.3. The zero-order valence-corrected chi connectivity index (χ0v) is 3.81. The number of hydrogen-bond acceptors (Lipinski definition) is 1. The summed E-state index contributed by atoms with van der Waals surface area (Å²) in [6, 6.07) is 0. The molecule has 0 bridgehead atoms. The van der Waals surface area contributed by atoms with E-state index in [9.17, 15) is 0 Å². The van der Waals surface area contributed by atoms with E-state index in [1.165, 1.54) is 6.42 Å². The Morgan fingerprint density at radius 1 is 1.67 bits per heavy atom. The Kier molecular flexibility index (Phi) is 1.10. The van der Waals surface area contributed by atoms with E-state index in [4.69, 9.17) is 4.74 Å². The predicted molar refractivity (Wildman–Crippen MR) is 24.3 cm³/mol. The van der Waals surface area contributed by atoms with Gasteiger partial charge in [0, 0.05) is 6.61 Å². The molecule has 1 heterocycles. The molecule has 1 heteroatoms. The molecule has 1 aliphatic rings. The normalized spacial score (nSPS) is 34.5. The average Bonchev–Trinajstić information content (AvgIpc) is 1.86. The van der Waals surface area contributed by atoms with Gasteiger partial charge in [-0.05, 0) is 19.8 Å². The molecule has 35 valence electrons. The Bertz CT molecular complexity index is 37.2. The lowest BCUT2D eigenvalue weighted by molar-refractivity contribution is 0.144. The van der Waals surface area contributed by atoms with Gasteiger partial charge in [-0.15, -0.1) is 0 Å². The second-order valence-electron chi connectivity index (χ2n) is 1.64. The van der Waals surface area contributed by atoms with Gasteiger partial charge in [0.1, 0.15) is 0 Å². The first-order chi connectivity index (χ1) is 2.89. The minimum atomic E-state index is 0.296. The zero-order valence-electron chi connectivity index (χ0n) is 3.81. The van der Waals surface area contributed by atoms with Crippen molar-refractivity contribution in [2.45, 2.75) is 18.9 Å². The van der Waals surface area contributed by atoms with Crippen molar-refractivity contribution >= 4 is 0 Å². The van der Waals surface area contributed by atoms with Crippen molar-refractivity contribution in [3.8, 4) is 0 Å². The van der Waals surface area contributed by atoms with Crippen LogP contribution < -0.4 is 0 Å². The molecule has 6 heavy (non-hydrogen) atoms. The van der Waals surface area contributed by atoms with E-state index in [0.717, 1.165) is 13.0 Å². The number of hydrogen-bond donors (Lipinski definition) is 0. The van der Waals surface area contributed by atoms with E-state index < -0.39 is 0 Å². The summed E-state index contributed by atoms with van der Waals surface area (Å²) in [7, 11) is 0. The third-order valence-corrected chi connectivity index (χ3v) is 1.02. The summed E-state index contributed by atoms with van der Waals surface area (Å²) < 4.78 is 5.04. The summed E-state index contributed by atoms with van der Waals surface area (Å²) >= 11 is 0. The monoisotopic (exact) mass is 85.1 g/mol. The highest BCUT2D eigenvalue weighted by atomic mass is 16.5. The van der Waals surface area contributed by atoms with E-state index in [2.05, 4.69) is 6.92 Å². The van der Waals surface area contributed by atoms with Crippen LogP contribution in [-0.4, -0.2) is 12.7 Å². The standard InChI is InChI=1S/C5H9O/c1-5-3-2-4-6-5/h5H,1-4H2/t5-/m0/s1. The first kappa shape index (κ1) is 4.13. The molecule has 0 aromatic rings. The molecule has 0 amide bonds. The van der Waals surface area contributed by atoms with Crippen molar-refractivity contribution in [2.24, 2.45) is 0 Å². The summed E-state index contributed by atoms with van der Waals surface area (Å²) in [5, 5.41) is 0. The van der Waals surface area contributed by atoms with Crippen LogP contribution in [0.15, 0.2) is 0 Å². The molecule has 0 aliphatic carbocycles. The minimum Gasteiger partial charge on any atom is -0.378 e. The lowest BCUT2D eigenvalue weighted by Gasteiger charge is -1.94. The van der Waals surface area contributed by atoms with Crippen LogP contribution in [0.3, 0.4) is 0 Å². The highest BCUT2D eigenvalue weighted by Crippen LogP contribution is 2.08. The van der Waals surface area contributed by atoms with Crippen molar-refractivity contribution < 1.29 is 4.74 Å². The van der Waals surface area contributed by atoms with Crippen LogP contribution in [0.2, 0.25) is 0 Å². The van der Waals surface area contributed by atoms with E-state index in [-0.39, 0.29) is 0 Å². The van der Waals surface area contributed by atoms with Gasteiger partial charge in [0.05, 0.1) is 6.10 Å². The molecule has 1 fully saturated rings. The molecule has 0 aromatic heterocycles. The van der Waals surface area contributed by atoms with Gasteiger partial charge in [0.2, 0.25) is 0 Å². The SMILES string of the molecule is [CH2][C@H]1CCCO1. The van der Waals surface area contributed by atoms with Crippen molar-refractivity contribution in [2.75, 3.05) is 6.61 Å². The smallest absolute Gasteiger partial charge is 0.0577 e. The highest BCUT2D eigenvalue weighted by Gasteiger charge is 2.07. The number of ether oxygens (including phenoxy) is 1. The maximum Gasteiger partial charge on any atom is 0.0577 e. The van der Waals surface area contributed by atoms with Crippen LogP contribution in [0.25, 0.3) is 0 Å². The maximum atomic E-state index is 5.04. The van der Waals surface area contributed by atoms with Crippen LogP contribution in [0.4, 0.5) is 0 Å². The van der Waals surface area contributed by atoms with Crippen molar-refractivity contribution in [3.63, 3.8) is 0 Å². The zero-order chi connectivity index (χ0) is 4.41. The Hall–Kier alpha value is -0.0400. The minimum absolute atomic E-state index is 0.296. The first-order valence-corrected chi connectivity index (χ1v) is 2.34. The molecule has 0 saturated carbocycles. The molecule has 1 rings (SSSR count). The number of rotatable bonds is 0. The highest BCUT2D eigenvalue weighted by molar-refractivity contribution is 4.64. The molecule has 1 aliphatic heterocycles. The predicted octanol–water partition coefficient (Wildman–Crippen LogP) is 0.999. The fourth-order valence-corrected chi connectivity index (χ4v) is 0.644. The summed E-state index contributed by atoms with van der Waals surface area (Å²) in [5.74, 6) is 0. The molecule has 1 nitrogen and oxygen atoms in total. The molecule has 0 aromatic carbocycles. The van der Waals surface area contributed by atoms with Crippen LogP contribution in [0, 0.1) is 6.92 Å². The molecular weight excluding hydrogens is 76.1 g/mol. The lowest BCUT2D eigenvalue weighted by Crippen LogP contribution is -1.94. The summed E-state index contributed by atoms with van der Waals surface area (Å²) in [6.45, 7) is 4.64. The van der Waals surface area contributed by atoms with Gasteiger partial charge < -0.3 is 4.74 Å². The first-order valence-electron chi connectivity index (χ1n) is 2.34. The second kappa shape index (κ2) is 1.61. The summed E-state index contributed by atoms with van der Waals surface area (Å²) in [4.78, 5) is 0. The molecule has 1 radical (unpaired) electrons. The van der Waals surface area contributed by atoms with E-state index in [1.807, 2.05) is 0 Å². The third kappa shape index (κ3) is 0.716. The topological polar surface area (TPSA) is 9.23 Å². The second-order valence-corrected chi connectivity index (χ2v) is 1.64. The van der Waals surface area contributed by atoms with Gasteiger partial charge in [-0.3, -0.25) is 0 Å². The van der Waals surface area contributed by atoms with E-state index in [1.54, 1.807) is 0 Å². The summed E-state index contributed by atoms with van der Waals surface area (Å²) in [5.41, 5.74) is 0. The molecule has 0 unspecified atom stereocenters. The van der Waals surface area contributed by atoms with Gasteiger partial charge in [0.15, 0.2) is 0 Å². The molecular formula is C5H9O. The van der Waals surface area contributed by atoms with Crippen molar-refractivity contribution in [1.29, 1.82) is 0 Å². The quantitative estimate of drug-likeness (QED) is 0.426. The van der Waals surface area contributed by atoms with E-state index in [0.29, 0.717) is 6.10 Å². The third-order valence-electron chi connectivity index (χ3n) is 1.02. The average molecular weight is 85.1 g/mol. The van der Waals surface area contributed by atoms with Crippen LogP contribution in [0.1, 0.15) is 12.8 Å². The fourth-order valence-electron chi connectivity index (χ4n) is 0.644. The largest absolute Gasteiger partial charge is 0.378 e. The Morgan fingerprint density at radius 3 is 2.67 bits per heavy atom. The molecule has 1 atom stereocenters. The van der Waals surface area contributed by atoms with Gasteiger partial charge >= 0.3 is 0 Å². The van der Waals surface area contributed by atoms with Crippen molar-refractivity contribution in [1.82, 2.24) is 0 Å². The Balaban J connectivity index is 2.18. The Morgan fingerprint density at radius 2 is 2.50 bits per heavy atom. The van der Waals surface area contributed by atoms with Crippen molar-refractivity contribution in [3.05, 3.63) is 6.92 Å². The molecule has 0 N–H and O–H groups in total. The van der Waals surface area contributed by atoms with Gasteiger partial charge in [-0.25, -0.2) is 0 Å². The van der Waals surface area contributed by atoms with Gasteiger partial charge in [-0.1, -0.05) is 0 Å². The van der Waals surface area contributed by atoms with Gasteiger partial charge in [0.25, 0.3) is 0 Å². The Labute approximate surface area is 38.3 Å². The fraction of sp³-hybridized carbons (Fsp3) is 0.800. The van der Waals surface area contributed by atoms with Crippen LogP contribution in [0.5, 0.6) is 0 Å². The summed E-state index contributed by atoms with van der Waals surface area (Å²) in [6.07, 6.45) is 2.65.